The van der Waals surface area contributed by atoms with Crippen LogP contribution in [0.1, 0.15) is 9.67 Å². The van der Waals surface area contributed by atoms with Crippen LogP contribution in [-0.4, -0.2) is 24.3 Å². The molecule has 1 aromatic heterocycles. The normalized spacial score (nSPS) is 10.2. The van der Waals surface area contributed by atoms with Gasteiger partial charge in [-0.3, -0.25) is 5.32 Å². The Balaban J connectivity index is 2.52. The number of benzene rings is 1. The van der Waals surface area contributed by atoms with Crippen molar-refractivity contribution in [3.63, 3.8) is 0 Å². The van der Waals surface area contributed by atoms with E-state index in [0.29, 0.717) is 16.0 Å². The lowest BCUT2D eigenvalue weighted by Crippen LogP contribution is -2.07. The second-order valence-corrected chi connectivity index (χ2v) is 4.33. The van der Waals surface area contributed by atoms with Crippen molar-refractivity contribution in [1.29, 1.82) is 0 Å². The monoisotopic (exact) mass is 251 g/mol. The molecule has 0 spiro atoms. The minimum absolute atomic E-state index is 0.424. The topological polar surface area (TPSA) is 75.6 Å². The summed E-state index contributed by atoms with van der Waals surface area (Å²) in [5, 5.41) is 11.7. The first-order valence-corrected chi connectivity index (χ1v) is 5.54. The molecule has 88 valence electrons. The number of ether oxygens (including phenoxy) is 1. The summed E-state index contributed by atoms with van der Waals surface area (Å²) in [6.45, 7) is 0. The van der Waals surface area contributed by atoms with Crippen molar-refractivity contribution in [1.82, 2.24) is 0 Å². The molecule has 0 aliphatic rings. The minimum atomic E-state index is -1.14. The zero-order chi connectivity index (χ0) is 12.4. The van der Waals surface area contributed by atoms with E-state index in [9.17, 15) is 9.59 Å². The first kappa shape index (κ1) is 11.4. The van der Waals surface area contributed by atoms with E-state index in [0.717, 1.165) is 4.70 Å². The second-order valence-electron chi connectivity index (χ2n) is 3.25. The third kappa shape index (κ3) is 2.21. The van der Waals surface area contributed by atoms with Crippen LogP contribution in [0.5, 0.6) is 0 Å². The highest BCUT2D eigenvalue weighted by molar-refractivity contribution is 7.20. The van der Waals surface area contributed by atoms with E-state index in [2.05, 4.69) is 10.1 Å². The zero-order valence-corrected chi connectivity index (χ0v) is 9.71. The van der Waals surface area contributed by atoms with Crippen LogP contribution >= 0.6 is 11.3 Å². The van der Waals surface area contributed by atoms with Crippen molar-refractivity contribution in [2.75, 3.05) is 12.4 Å². The van der Waals surface area contributed by atoms with Gasteiger partial charge in [0.05, 0.1) is 12.8 Å². The molecule has 5 nitrogen and oxygen atoms in total. The highest BCUT2D eigenvalue weighted by Crippen LogP contribution is 2.31. The fraction of sp³-hybridized carbons (Fsp3) is 0.0909. The molecule has 17 heavy (non-hydrogen) atoms. The number of rotatable bonds is 2. The molecule has 0 unspecified atom stereocenters. The van der Waals surface area contributed by atoms with Gasteiger partial charge in [0.25, 0.3) is 0 Å². The molecule has 2 rings (SSSR count). The number of carboxylic acid groups (broad SMARTS) is 1. The van der Waals surface area contributed by atoms with Crippen LogP contribution < -0.4 is 5.32 Å². The van der Waals surface area contributed by atoms with E-state index < -0.39 is 12.1 Å². The highest BCUT2D eigenvalue weighted by Gasteiger charge is 2.13. The Labute approximate surface area is 101 Å². The number of thiophene rings is 1. The summed E-state index contributed by atoms with van der Waals surface area (Å²) in [5.74, 6) is -0.424. The molecule has 0 saturated carbocycles. The standard InChI is InChI=1S/C11H9NO4S/c1-16-10(13)9-5-6-7(12-11(14)15)3-2-4-8(6)17-9/h2-5,12H,1H3,(H,14,15). The largest absolute Gasteiger partial charge is 0.465 e. The van der Waals surface area contributed by atoms with E-state index in [1.54, 1.807) is 18.2 Å². The second kappa shape index (κ2) is 4.42. The molecule has 0 aliphatic heterocycles. The fourth-order valence-electron chi connectivity index (χ4n) is 1.49. The van der Waals surface area contributed by atoms with E-state index >= 15 is 0 Å². The molecule has 0 fully saturated rings. The first-order valence-electron chi connectivity index (χ1n) is 4.72. The predicted octanol–water partition coefficient (Wildman–Crippen LogP) is 2.78. The Morgan fingerprint density at radius 2 is 2.18 bits per heavy atom. The summed E-state index contributed by atoms with van der Waals surface area (Å²) < 4.78 is 5.45. The predicted molar refractivity (Wildman–Crippen MR) is 64.8 cm³/mol. The molecule has 0 radical (unpaired) electrons. The molecule has 0 bridgehead atoms. The van der Waals surface area contributed by atoms with E-state index in [1.165, 1.54) is 18.4 Å². The number of methoxy groups -OCH3 is 1. The molecule has 1 amide bonds. The van der Waals surface area contributed by atoms with Gasteiger partial charge in [-0.25, -0.2) is 9.59 Å². The Kier molecular flexibility index (Phi) is 2.97. The van der Waals surface area contributed by atoms with Crippen LogP contribution in [0.2, 0.25) is 0 Å². The van der Waals surface area contributed by atoms with Gasteiger partial charge in [0.1, 0.15) is 4.88 Å². The maximum absolute atomic E-state index is 11.4. The fourth-order valence-corrected chi connectivity index (χ4v) is 2.49. The third-order valence-corrected chi connectivity index (χ3v) is 3.27. The number of esters is 1. The van der Waals surface area contributed by atoms with Gasteiger partial charge >= 0.3 is 12.1 Å². The van der Waals surface area contributed by atoms with Gasteiger partial charge in [-0.2, -0.15) is 0 Å². The maximum Gasteiger partial charge on any atom is 0.409 e. The average Bonchev–Trinajstić information content (AvgIpc) is 2.72. The lowest BCUT2D eigenvalue weighted by atomic mass is 10.2. The summed E-state index contributed by atoms with van der Waals surface area (Å²) in [5.41, 5.74) is 0.460. The number of nitrogens with one attached hydrogen (secondary N) is 1. The molecule has 6 heteroatoms. The van der Waals surface area contributed by atoms with Crippen molar-refractivity contribution < 1.29 is 19.4 Å². The summed E-state index contributed by atoms with van der Waals surface area (Å²) >= 11 is 1.26. The Morgan fingerprint density at radius 1 is 1.41 bits per heavy atom. The Morgan fingerprint density at radius 3 is 2.82 bits per heavy atom. The number of carbonyl (C=O) groups is 2. The van der Waals surface area contributed by atoms with Gasteiger partial charge in [-0.05, 0) is 18.2 Å². The Bertz CT molecular complexity index is 590. The third-order valence-electron chi connectivity index (χ3n) is 2.19. The van der Waals surface area contributed by atoms with Crippen molar-refractivity contribution in [2.45, 2.75) is 0 Å². The lowest BCUT2D eigenvalue weighted by molar-refractivity contribution is 0.0606. The number of hydrogen-bond donors (Lipinski definition) is 2. The summed E-state index contributed by atoms with van der Waals surface area (Å²) in [7, 11) is 1.31. The molecule has 2 N–H and O–H groups in total. The number of carbonyl (C=O) groups excluding carboxylic acids is 1. The molecule has 1 heterocycles. The number of amides is 1. The number of fused-ring (bicyclic) bond motifs is 1. The number of anilines is 1. The molecule has 0 atom stereocenters. The SMILES string of the molecule is COC(=O)c1cc2c(NC(=O)O)cccc2s1. The van der Waals surface area contributed by atoms with E-state index in [-0.39, 0.29) is 0 Å². The van der Waals surface area contributed by atoms with Crippen LogP contribution in [0.25, 0.3) is 10.1 Å². The Hall–Kier alpha value is -2.08. The summed E-state index contributed by atoms with van der Waals surface area (Å²) in [6.07, 6.45) is -1.14. The summed E-state index contributed by atoms with van der Waals surface area (Å²) in [6, 6.07) is 6.81. The van der Waals surface area contributed by atoms with Gasteiger partial charge in [-0.1, -0.05) is 6.07 Å². The van der Waals surface area contributed by atoms with Crippen molar-refractivity contribution >= 4 is 39.2 Å². The van der Waals surface area contributed by atoms with E-state index in [4.69, 9.17) is 5.11 Å². The van der Waals surface area contributed by atoms with Crippen LogP contribution in [-0.2, 0) is 4.74 Å². The van der Waals surface area contributed by atoms with Gasteiger partial charge in [0.15, 0.2) is 0 Å². The van der Waals surface area contributed by atoms with Crippen LogP contribution in [0.3, 0.4) is 0 Å². The lowest BCUT2D eigenvalue weighted by Gasteiger charge is -2.01. The minimum Gasteiger partial charge on any atom is -0.465 e. The maximum atomic E-state index is 11.4. The molecular formula is C11H9NO4S. The van der Waals surface area contributed by atoms with Crippen LogP contribution in [0.4, 0.5) is 10.5 Å². The van der Waals surface area contributed by atoms with Crippen LogP contribution in [0.15, 0.2) is 24.3 Å². The molecule has 1 aromatic carbocycles. The van der Waals surface area contributed by atoms with Crippen LogP contribution in [0, 0.1) is 0 Å². The van der Waals surface area contributed by atoms with Crippen molar-refractivity contribution in [2.24, 2.45) is 0 Å². The average molecular weight is 251 g/mol. The number of hydrogen-bond acceptors (Lipinski definition) is 4. The quantitative estimate of drug-likeness (QED) is 0.805. The molecule has 2 aromatic rings. The van der Waals surface area contributed by atoms with Gasteiger partial charge < -0.3 is 9.84 Å². The first-order chi connectivity index (χ1) is 8.11. The zero-order valence-electron chi connectivity index (χ0n) is 8.89. The smallest absolute Gasteiger partial charge is 0.409 e. The van der Waals surface area contributed by atoms with Crippen molar-refractivity contribution in [3.8, 4) is 0 Å². The van der Waals surface area contributed by atoms with Gasteiger partial charge in [0, 0.05) is 10.1 Å². The van der Waals surface area contributed by atoms with Crippen molar-refractivity contribution in [3.05, 3.63) is 29.1 Å². The summed E-state index contributed by atoms with van der Waals surface area (Å²) in [4.78, 5) is 22.4. The van der Waals surface area contributed by atoms with E-state index in [1.807, 2.05) is 6.07 Å². The molecule has 0 saturated heterocycles. The van der Waals surface area contributed by atoms with Gasteiger partial charge in [0.2, 0.25) is 0 Å². The molecular weight excluding hydrogens is 242 g/mol. The van der Waals surface area contributed by atoms with Gasteiger partial charge in [-0.15, -0.1) is 11.3 Å². The molecule has 0 aliphatic carbocycles. The highest BCUT2D eigenvalue weighted by atomic mass is 32.1.